The minimum absolute atomic E-state index is 0.258. The van der Waals surface area contributed by atoms with Crippen LogP contribution in [0.1, 0.15) is 25.3 Å². The van der Waals surface area contributed by atoms with E-state index in [9.17, 15) is 0 Å². The molecule has 2 saturated heterocycles. The fourth-order valence-electron chi connectivity index (χ4n) is 3.56. The summed E-state index contributed by atoms with van der Waals surface area (Å²) in [4.78, 5) is 6.66. The van der Waals surface area contributed by atoms with E-state index in [0.717, 1.165) is 26.1 Å². The highest BCUT2D eigenvalue weighted by atomic mass is 16.5. The Morgan fingerprint density at radius 1 is 1.57 bits per heavy atom. The van der Waals surface area contributed by atoms with Gasteiger partial charge in [0.15, 0.2) is 0 Å². The molecule has 3 N–H and O–H groups in total. The number of nitrogens with zero attached hydrogens (tertiary/aromatic N) is 2. The van der Waals surface area contributed by atoms with Gasteiger partial charge in [-0.1, -0.05) is 6.92 Å². The number of ether oxygens (including phenoxy) is 1. The minimum Gasteiger partial charge on any atom is -0.384 e. The third-order valence-corrected chi connectivity index (χ3v) is 4.63. The number of rotatable bonds is 5. The molecule has 2 aliphatic rings. The van der Waals surface area contributed by atoms with Crippen LogP contribution in [0.5, 0.6) is 0 Å². The van der Waals surface area contributed by atoms with Gasteiger partial charge in [-0.05, 0) is 50.0 Å². The molecule has 3 unspecified atom stereocenters. The molecule has 0 bridgehead atoms. The van der Waals surface area contributed by atoms with Crippen molar-refractivity contribution >= 4 is 5.82 Å². The average Bonchev–Trinajstić information content (AvgIpc) is 2.94. The van der Waals surface area contributed by atoms with Gasteiger partial charge < -0.3 is 15.8 Å². The minimum atomic E-state index is 0.258. The Balaban J connectivity index is 1.66. The topological polar surface area (TPSA) is 63.4 Å². The Morgan fingerprint density at radius 2 is 2.48 bits per heavy atom. The van der Waals surface area contributed by atoms with Crippen molar-refractivity contribution in [2.75, 3.05) is 32.0 Å². The number of fused-ring (bicyclic) bond motifs is 1. The number of nitrogen functional groups attached to an aromatic ring is 1. The summed E-state index contributed by atoms with van der Waals surface area (Å²) in [6, 6.07) is 4.99. The molecule has 1 aromatic rings. The van der Waals surface area contributed by atoms with Gasteiger partial charge in [0, 0.05) is 24.8 Å². The van der Waals surface area contributed by atoms with Crippen molar-refractivity contribution in [2.24, 2.45) is 0 Å². The summed E-state index contributed by atoms with van der Waals surface area (Å²) in [7, 11) is 0. The molecule has 3 rings (SSSR count). The quantitative estimate of drug-likeness (QED) is 0.848. The standard InChI is InChI=1S/C16H26N4O/c1-2-18-14(8-12-5-6-19-16(17)9-12)15-10-20-7-3-4-13(20)11-21-15/h5-6,9,13-15,18H,2-4,7-8,10-11H2,1H3,(H2,17,19). The zero-order valence-electron chi connectivity index (χ0n) is 12.8. The number of morpholine rings is 1. The summed E-state index contributed by atoms with van der Waals surface area (Å²) in [6.07, 6.45) is 5.58. The smallest absolute Gasteiger partial charge is 0.123 e. The van der Waals surface area contributed by atoms with E-state index in [1.165, 1.54) is 24.9 Å². The van der Waals surface area contributed by atoms with Crippen molar-refractivity contribution < 1.29 is 4.74 Å². The Hall–Kier alpha value is -1.17. The van der Waals surface area contributed by atoms with E-state index in [1.54, 1.807) is 6.20 Å². The lowest BCUT2D eigenvalue weighted by Crippen LogP contribution is -2.54. The lowest BCUT2D eigenvalue weighted by molar-refractivity contribution is -0.0641. The zero-order chi connectivity index (χ0) is 14.7. The van der Waals surface area contributed by atoms with Crippen molar-refractivity contribution in [3.05, 3.63) is 23.9 Å². The van der Waals surface area contributed by atoms with E-state index in [2.05, 4.69) is 22.1 Å². The lowest BCUT2D eigenvalue weighted by atomic mass is 9.99. The van der Waals surface area contributed by atoms with Crippen LogP contribution >= 0.6 is 0 Å². The van der Waals surface area contributed by atoms with Gasteiger partial charge >= 0.3 is 0 Å². The van der Waals surface area contributed by atoms with E-state index in [-0.39, 0.29) is 6.10 Å². The second-order valence-corrected chi connectivity index (χ2v) is 6.12. The van der Waals surface area contributed by atoms with Crippen LogP contribution in [0.15, 0.2) is 18.3 Å². The molecule has 5 heteroatoms. The van der Waals surface area contributed by atoms with Crippen LogP contribution in [-0.4, -0.2) is 54.3 Å². The van der Waals surface area contributed by atoms with Crippen LogP contribution in [0.2, 0.25) is 0 Å². The third kappa shape index (κ3) is 3.54. The van der Waals surface area contributed by atoms with Crippen LogP contribution in [0, 0.1) is 0 Å². The molecule has 5 nitrogen and oxygen atoms in total. The second kappa shape index (κ2) is 6.73. The van der Waals surface area contributed by atoms with Crippen LogP contribution in [0.3, 0.4) is 0 Å². The molecular weight excluding hydrogens is 264 g/mol. The number of hydrogen-bond donors (Lipinski definition) is 2. The summed E-state index contributed by atoms with van der Waals surface area (Å²) in [5.41, 5.74) is 7.01. The molecule has 21 heavy (non-hydrogen) atoms. The van der Waals surface area contributed by atoms with E-state index in [0.29, 0.717) is 17.9 Å². The van der Waals surface area contributed by atoms with Gasteiger partial charge in [0.2, 0.25) is 0 Å². The Kier molecular flexibility index (Phi) is 4.73. The SMILES string of the molecule is CCNC(Cc1ccnc(N)c1)C1CN2CCCC2CO1. The molecule has 3 atom stereocenters. The molecule has 0 saturated carbocycles. The predicted molar refractivity (Wildman–Crippen MR) is 84.2 cm³/mol. The van der Waals surface area contributed by atoms with Crippen LogP contribution in [-0.2, 0) is 11.2 Å². The van der Waals surface area contributed by atoms with Crippen molar-refractivity contribution in [1.82, 2.24) is 15.2 Å². The fraction of sp³-hybridized carbons (Fsp3) is 0.688. The summed E-state index contributed by atoms with van der Waals surface area (Å²) in [5.74, 6) is 0.590. The van der Waals surface area contributed by atoms with Crippen LogP contribution in [0.25, 0.3) is 0 Å². The molecule has 116 valence electrons. The van der Waals surface area contributed by atoms with Gasteiger partial charge in [-0.3, -0.25) is 4.90 Å². The van der Waals surface area contributed by atoms with Gasteiger partial charge in [0.25, 0.3) is 0 Å². The maximum atomic E-state index is 6.16. The van der Waals surface area contributed by atoms with E-state index >= 15 is 0 Å². The van der Waals surface area contributed by atoms with Crippen molar-refractivity contribution in [2.45, 2.75) is 44.4 Å². The zero-order valence-corrected chi connectivity index (χ0v) is 12.8. The largest absolute Gasteiger partial charge is 0.384 e. The number of likely N-dealkylation sites (N-methyl/N-ethyl adjacent to an activating group) is 1. The number of nitrogens with two attached hydrogens (primary N) is 1. The van der Waals surface area contributed by atoms with Crippen LogP contribution in [0.4, 0.5) is 5.82 Å². The number of nitrogens with one attached hydrogen (secondary N) is 1. The first-order valence-corrected chi connectivity index (χ1v) is 8.05. The fourth-order valence-corrected chi connectivity index (χ4v) is 3.56. The highest BCUT2D eigenvalue weighted by molar-refractivity contribution is 5.32. The third-order valence-electron chi connectivity index (χ3n) is 4.63. The molecule has 0 radical (unpaired) electrons. The normalized spacial score (nSPS) is 27.5. The second-order valence-electron chi connectivity index (χ2n) is 6.12. The van der Waals surface area contributed by atoms with Crippen molar-refractivity contribution in [3.63, 3.8) is 0 Å². The maximum Gasteiger partial charge on any atom is 0.123 e. The first-order valence-electron chi connectivity index (χ1n) is 8.05. The Labute approximate surface area is 126 Å². The molecule has 2 aliphatic heterocycles. The van der Waals surface area contributed by atoms with E-state index < -0.39 is 0 Å². The van der Waals surface area contributed by atoms with Crippen molar-refractivity contribution in [1.29, 1.82) is 0 Å². The number of aromatic nitrogens is 1. The van der Waals surface area contributed by atoms with Gasteiger partial charge in [-0.2, -0.15) is 0 Å². The van der Waals surface area contributed by atoms with E-state index in [1.807, 2.05) is 12.1 Å². The monoisotopic (exact) mass is 290 g/mol. The Bertz CT molecular complexity index is 467. The number of hydrogen-bond acceptors (Lipinski definition) is 5. The number of pyridine rings is 1. The first-order chi connectivity index (χ1) is 10.3. The van der Waals surface area contributed by atoms with Gasteiger partial charge in [0.1, 0.15) is 5.82 Å². The highest BCUT2D eigenvalue weighted by Crippen LogP contribution is 2.24. The van der Waals surface area contributed by atoms with Gasteiger partial charge in [0.05, 0.1) is 12.7 Å². The summed E-state index contributed by atoms with van der Waals surface area (Å²) in [6.45, 7) is 6.25. The molecule has 0 spiro atoms. The molecule has 0 aromatic carbocycles. The lowest BCUT2D eigenvalue weighted by Gasteiger charge is -2.39. The molecule has 0 aliphatic carbocycles. The van der Waals surface area contributed by atoms with Crippen LogP contribution < -0.4 is 11.1 Å². The van der Waals surface area contributed by atoms with E-state index in [4.69, 9.17) is 10.5 Å². The molecule has 3 heterocycles. The maximum absolute atomic E-state index is 6.16. The molecule has 1 aromatic heterocycles. The van der Waals surface area contributed by atoms with Gasteiger partial charge in [-0.25, -0.2) is 4.98 Å². The first kappa shape index (κ1) is 14.8. The Morgan fingerprint density at radius 3 is 3.29 bits per heavy atom. The summed E-state index contributed by atoms with van der Waals surface area (Å²) in [5, 5.41) is 3.59. The van der Waals surface area contributed by atoms with Crippen molar-refractivity contribution in [3.8, 4) is 0 Å². The van der Waals surface area contributed by atoms with Gasteiger partial charge in [-0.15, -0.1) is 0 Å². The number of anilines is 1. The summed E-state index contributed by atoms with van der Waals surface area (Å²) < 4.78 is 6.16. The highest BCUT2D eigenvalue weighted by Gasteiger charge is 2.35. The summed E-state index contributed by atoms with van der Waals surface area (Å²) >= 11 is 0. The average molecular weight is 290 g/mol. The molecule has 2 fully saturated rings. The molecule has 0 amide bonds. The molecular formula is C16H26N4O. The predicted octanol–water partition coefficient (Wildman–Crippen LogP) is 1.05.